The Morgan fingerprint density at radius 1 is 1.33 bits per heavy atom. The average Bonchev–Trinajstić information content (AvgIpc) is 2.93. The Bertz CT molecular complexity index is 630. The molecule has 3 rings (SSSR count). The van der Waals surface area contributed by atoms with E-state index in [-0.39, 0.29) is 6.79 Å². The molecule has 0 bridgehead atoms. The van der Waals surface area contributed by atoms with Crippen molar-refractivity contribution in [2.75, 3.05) is 6.79 Å². The molecule has 2 heterocycles. The standard InChI is InChI=1S/C13H10O4S/c1-7-12(9(5-18-7)13(14)15)8-2-3-10-11(4-8)17-6-16-10/h2-5H,6H2,1H3,(H,14,15). The van der Waals surface area contributed by atoms with Crippen LogP contribution in [0.4, 0.5) is 0 Å². The van der Waals surface area contributed by atoms with E-state index in [0.29, 0.717) is 17.1 Å². The number of aromatic carboxylic acids is 1. The molecule has 0 spiro atoms. The number of carboxylic acids is 1. The van der Waals surface area contributed by atoms with Crippen molar-refractivity contribution in [2.24, 2.45) is 0 Å². The van der Waals surface area contributed by atoms with E-state index in [4.69, 9.17) is 9.47 Å². The second-order valence-electron chi connectivity index (χ2n) is 3.95. The molecule has 0 saturated carbocycles. The van der Waals surface area contributed by atoms with Crippen LogP contribution in [0.25, 0.3) is 11.1 Å². The molecule has 92 valence electrons. The monoisotopic (exact) mass is 262 g/mol. The summed E-state index contributed by atoms with van der Waals surface area (Å²) in [6.07, 6.45) is 0. The predicted molar refractivity (Wildman–Crippen MR) is 67.6 cm³/mol. The van der Waals surface area contributed by atoms with Crippen LogP contribution in [0.5, 0.6) is 11.5 Å². The van der Waals surface area contributed by atoms with Crippen molar-refractivity contribution in [1.82, 2.24) is 0 Å². The molecule has 0 amide bonds. The Kier molecular flexibility index (Phi) is 2.48. The van der Waals surface area contributed by atoms with Crippen molar-refractivity contribution < 1.29 is 19.4 Å². The highest BCUT2D eigenvalue weighted by Crippen LogP contribution is 2.39. The third-order valence-electron chi connectivity index (χ3n) is 2.87. The van der Waals surface area contributed by atoms with Crippen molar-refractivity contribution in [3.8, 4) is 22.6 Å². The van der Waals surface area contributed by atoms with Gasteiger partial charge in [-0.2, -0.15) is 0 Å². The molecule has 0 aliphatic carbocycles. The van der Waals surface area contributed by atoms with Gasteiger partial charge in [0, 0.05) is 15.8 Å². The lowest BCUT2D eigenvalue weighted by molar-refractivity contribution is 0.0698. The van der Waals surface area contributed by atoms with E-state index in [9.17, 15) is 9.90 Å². The number of fused-ring (bicyclic) bond motifs is 1. The Morgan fingerprint density at radius 2 is 2.11 bits per heavy atom. The maximum Gasteiger partial charge on any atom is 0.337 e. The summed E-state index contributed by atoms with van der Waals surface area (Å²) in [5, 5.41) is 10.8. The van der Waals surface area contributed by atoms with Crippen LogP contribution in [0.2, 0.25) is 0 Å². The summed E-state index contributed by atoms with van der Waals surface area (Å²) in [6, 6.07) is 5.49. The topological polar surface area (TPSA) is 55.8 Å². The minimum absolute atomic E-state index is 0.215. The number of hydrogen-bond acceptors (Lipinski definition) is 4. The molecule has 18 heavy (non-hydrogen) atoms. The second kappa shape index (κ2) is 4.03. The molecule has 1 aromatic carbocycles. The molecular weight excluding hydrogens is 252 g/mol. The minimum Gasteiger partial charge on any atom is -0.478 e. The molecule has 0 unspecified atom stereocenters. The summed E-state index contributed by atoms with van der Waals surface area (Å²) in [4.78, 5) is 12.2. The van der Waals surface area contributed by atoms with E-state index in [2.05, 4.69) is 0 Å². The number of aryl methyl sites for hydroxylation is 1. The molecule has 2 aromatic rings. The van der Waals surface area contributed by atoms with Gasteiger partial charge in [-0.25, -0.2) is 4.79 Å². The van der Waals surface area contributed by atoms with Crippen molar-refractivity contribution in [3.05, 3.63) is 34.0 Å². The molecular formula is C13H10O4S. The lowest BCUT2D eigenvalue weighted by Gasteiger charge is -2.04. The molecule has 0 radical (unpaired) electrons. The summed E-state index contributed by atoms with van der Waals surface area (Å²) in [5.41, 5.74) is 1.93. The molecule has 0 atom stereocenters. The number of carboxylic acid groups (broad SMARTS) is 1. The van der Waals surface area contributed by atoms with Crippen LogP contribution < -0.4 is 9.47 Å². The van der Waals surface area contributed by atoms with E-state index < -0.39 is 5.97 Å². The van der Waals surface area contributed by atoms with Crippen molar-refractivity contribution in [1.29, 1.82) is 0 Å². The van der Waals surface area contributed by atoms with Crippen LogP contribution >= 0.6 is 11.3 Å². The summed E-state index contributed by atoms with van der Waals surface area (Å²) in [6.45, 7) is 2.13. The zero-order chi connectivity index (χ0) is 12.7. The normalized spacial score (nSPS) is 12.7. The molecule has 0 fully saturated rings. The predicted octanol–water partition coefficient (Wildman–Crippen LogP) is 3.15. The van der Waals surface area contributed by atoms with Gasteiger partial charge in [-0.3, -0.25) is 0 Å². The van der Waals surface area contributed by atoms with Crippen LogP contribution in [0.1, 0.15) is 15.2 Å². The van der Waals surface area contributed by atoms with Gasteiger partial charge < -0.3 is 14.6 Å². The Balaban J connectivity index is 2.15. The summed E-state index contributed by atoms with van der Waals surface area (Å²) in [5.74, 6) is 0.449. The minimum atomic E-state index is -0.910. The number of hydrogen-bond donors (Lipinski definition) is 1. The fraction of sp³-hybridized carbons (Fsp3) is 0.154. The lowest BCUT2D eigenvalue weighted by Crippen LogP contribution is -1.96. The summed E-state index contributed by atoms with van der Waals surface area (Å²) >= 11 is 1.43. The van der Waals surface area contributed by atoms with Gasteiger partial charge in [-0.15, -0.1) is 11.3 Å². The molecule has 1 aliphatic rings. The molecule has 1 aliphatic heterocycles. The highest BCUT2D eigenvalue weighted by atomic mass is 32.1. The number of benzene rings is 1. The fourth-order valence-corrected chi connectivity index (χ4v) is 2.88. The van der Waals surface area contributed by atoms with E-state index in [1.54, 1.807) is 11.4 Å². The maximum absolute atomic E-state index is 11.2. The largest absolute Gasteiger partial charge is 0.478 e. The zero-order valence-corrected chi connectivity index (χ0v) is 10.4. The fourth-order valence-electron chi connectivity index (χ4n) is 2.02. The lowest BCUT2D eigenvalue weighted by atomic mass is 10.0. The first kappa shape index (κ1) is 11.1. The first-order valence-corrected chi connectivity index (χ1v) is 6.26. The first-order chi connectivity index (χ1) is 8.66. The van der Waals surface area contributed by atoms with Crippen molar-refractivity contribution >= 4 is 17.3 Å². The number of ether oxygens (including phenoxy) is 2. The number of rotatable bonds is 2. The molecule has 1 N–H and O–H groups in total. The molecule has 0 saturated heterocycles. The third-order valence-corrected chi connectivity index (χ3v) is 3.78. The highest BCUT2D eigenvalue weighted by molar-refractivity contribution is 7.10. The van der Waals surface area contributed by atoms with Crippen LogP contribution in [-0.4, -0.2) is 17.9 Å². The smallest absolute Gasteiger partial charge is 0.337 e. The SMILES string of the molecule is Cc1scc(C(=O)O)c1-c1ccc2c(c1)OCO2. The van der Waals surface area contributed by atoms with Gasteiger partial charge in [0.2, 0.25) is 6.79 Å². The number of carbonyl (C=O) groups is 1. The Morgan fingerprint density at radius 3 is 2.89 bits per heavy atom. The van der Waals surface area contributed by atoms with E-state index in [0.717, 1.165) is 16.0 Å². The average molecular weight is 262 g/mol. The van der Waals surface area contributed by atoms with E-state index >= 15 is 0 Å². The van der Waals surface area contributed by atoms with Crippen LogP contribution in [0, 0.1) is 6.92 Å². The molecule has 1 aromatic heterocycles. The number of thiophene rings is 1. The third kappa shape index (κ3) is 1.64. The second-order valence-corrected chi connectivity index (χ2v) is 5.04. The van der Waals surface area contributed by atoms with Crippen LogP contribution in [0.3, 0.4) is 0 Å². The summed E-state index contributed by atoms with van der Waals surface area (Å²) < 4.78 is 10.6. The molecule has 5 heteroatoms. The van der Waals surface area contributed by atoms with Gasteiger partial charge in [0.25, 0.3) is 0 Å². The van der Waals surface area contributed by atoms with Crippen LogP contribution in [0.15, 0.2) is 23.6 Å². The van der Waals surface area contributed by atoms with Gasteiger partial charge in [0.1, 0.15) is 0 Å². The summed E-state index contributed by atoms with van der Waals surface area (Å²) in [7, 11) is 0. The molecule has 4 nitrogen and oxygen atoms in total. The van der Waals surface area contributed by atoms with E-state index in [1.807, 2.05) is 19.1 Å². The maximum atomic E-state index is 11.2. The van der Waals surface area contributed by atoms with Crippen molar-refractivity contribution in [3.63, 3.8) is 0 Å². The van der Waals surface area contributed by atoms with Gasteiger partial charge >= 0.3 is 5.97 Å². The highest BCUT2D eigenvalue weighted by Gasteiger charge is 2.19. The quantitative estimate of drug-likeness (QED) is 0.903. The Labute approximate surface area is 107 Å². The van der Waals surface area contributed by atoms with Gasteiger partial charge in [-0.05, 0) is 24.6 Å². The van der Waals surface area contributed by atoms with Gasteiger partial charge in [0.05, 0.1) is 5.56 Å². The van der Waals surface area contributed by atoms with Crippen LogP contribution in [-0.2, 0) is 0 Å². The van der Waals surface area contributed by atoms with Gasteiger partial charge in [0.15, 0.2) is 11.5 Å². The van der Waals surface area contributed by atoms with E-state index in [1.165, 1.54) is 11.3 Å². The van der Waals surface area contributed by atoms with Crippen molar-refractivity contribution in [2.45, 2.75) is 6.92 Å². The Hall–Kier alpha value is -2.01. The van der Waals surface area contributed by atoms with Gasteiger partial charge in [-0.1, -0.05) is 6.07 Å². The zero-order valence-electron chi connectivity index (χ0n) is 9.60. The first-order valence-electron chi connectivity index (χ1n) is 5.38.